The molecule has 0 spiro atoms. The average molecular weight is 486 g/mol. The van der Waals surface area contributed by atoms with Crippen molar-refractivity contribution < 1.29 is 4.74 Å². The van der Waals surface area contributed by atoms with Crippen LogP contribution in [0.3, 0.4) is 0 Å². The van der Waals surface area contributed by atoms with Gasteiger partial charge in [-0.25, -0.2) is 0 Å². The van der Waals surface area contributed by atoms with Crippen LogP contribution in [0.15, 0.2) is 40.7 Å². The lowest BCUT2D eigenvalue weighted by atomic mass is 10.1. The van der Waals surface area contributed by atoms with Gasteiger partial charge < -0.3 is 15.8 Å². The molecule has 3 N–H and O–H groups in total. The smallest absolute Gasteiger partial charge is 0.193 e. The lowest BCUT2D eigenvalue weighted by Crippen LogP contribution is -2.32. The molecular weight excluding hydrogens is 459 g/mol. The number of aliphatic imine (C=N–C) groups is 1. The maximum Gasteiger partial charge on any atom is 0.193 e. The summed E-state index contributed by atoms with van der Waals surface area (Å²) in [6.07, 6.45) is 1.32. The molecule has 0 amide bonds. The standard InChI is InChI=1S/C19H26N4OS.HI/c1-14(2)24-17-5-3-16(4-6-17)22-19(20)21-9-11-23-10-7-18-15(13-23)8-12-25-18;/h3-6,8,12,14H,7,9-11,13H2,1-2H3,(H3,20,21,22);1H. The minimum absolute atomic E-state index is 0. The van der Waals surface area contributed by atoms with E-state index >= 15 is 0 Å². The molecule has 0 saturated carbocycles. The minimum Gasteiger partial charge on any atom is -0.491 e. The maximum atomic E-state index is 5.99. The fourth-order valence-electron chi connectivity index (χ4n) is 2.89. The molecule has 2 heterocycles. The summed E-state index contributed by atoms with van der Waals surface area (Å²) >= 11 is 1.87. The highest BCUT2D eigenvalue weighted by Gasteiger charge is 2.16. The Morgan fingerprint density at radius 2 is 2.08 bits per heavy atom. The highest BCUT2D eigenvalue weighted by atomic mass is 127. The van der Waals surface area contributed by atoms with Gasteiger partial charge in [0.1, 0.15) is 5.75 Å². The fraction of sp³-hybridized carbons (Fsp3) is 0.421. The van der Waals surface area contributed by atoms with Crippen molar-refractivity contribution in [2.24, 2.45) is 10.7 Å². The lowest BCUT2D eigenvalue weighted by Gasteiger charge is -2.26. The van der Waals surface area contributed by atoms with Crippen molar-refractivity contribution in [3.05, 3.63) is 46.2 Å². The predicted molar refractivity (Wildman–Crippen MR) is 121 cm³/mol. The first-order chi connectivity index (χ1) is 12.1. The van der Waals surface area contributed by atoms with Gasteiger partial charge in [0.05, 0.1) is 12.6 Å². The summed E-state index contributed by atoms with van der Waals surface area (Å²) in [6, 6.07) is 9.99. The summed E-state index contributed by atoms with van der Waals surface area (Å²) in [5, 5.41) is 5.31. The molecule has 1 aromatic carbocycles. The van der Waals surface area contributed by atoms with Crippen LogP contribution in [0.25, 0.3) is 0 Å². The molecule has 1 aromatic heterocycles. The van der Waals surface area contributed by atoms with Crippen LogP contribution in [0.5, 0.6) is 5.75 Å². The minimum atomic E-state index is 0. The summed E-state index contributed by atoms with van der Waals surface area (Å²) in [5.74, 6) is 1.31. The van der Waals surface area contributed by atoms with Crippen LogP contribution < -0.4 is 15.8 Å². The number of anilines is 1. The molecule has 0 fully saturated rings. The summed E-state index contributed by atoms with van der Waals surface area (Å²) in [5.41, 5.74) is 8.37. The highest BCUT2D eigenvalue weighted by Crippen LogP contribution is 2.23. The van der Waals surface area contributed by atoms with Gasteiger partial charge in [0.15, 0.2) is 5.96 Å². The van der Waals surface area contributed by atoms with E-state index in [0.717, 1.165) is 37.5 Å². The topological polar surface area (TPSA) is 62.9 Å². The third-order valence-corrected chi connectivity index (χ3v) is 5.11. The van der Waals surface area contributed by atoms with Crippen molar-refractivity contribution in [1.82, 2.24) is 4.90 Å². The Labute approximate surface area is 176 Å². The van der Waals surface area contributed by atoms with Crippen molar-refractivity contribution in [3.8, 4) is 5.75 Å². The van der Waals surface area contributed by atoms with Crippen LogP contribution in [-0.2, 0) is 13.0 Å². The van der Waals surface area contributed by atoms with Gasteiger partial charge in [-0.3, -0.25) is 9.89 Å². The third kappa shape index (κ3) is 6.14. The Morgan fingerprint density at radius 3 is 2.81 bits per heavy atom. The molecule has 1 aliphatic rings. The van der Waals surface area contributed by atoms with Gasteiger partial charge in [0.2, 0.25) is 0 Å². The second-order valence-corrected chi connectivity index (χ2v) is 7.48. The van der Waals surface area contributed by atoms with E-state index in [1.54, 1.807) is 0 Å². The predicted octanol–water partition coefficient (Wildman–Crippen LogP) is 3.94. The van der Waals surface area contributed by atoms with E-state index in [4.69, 9.17) is 10.5 Å². The second-order valence-electron chi connectivity index (χ2n) is 6.48. The molecular formula is C19H27IN4OS. The van der Waals surface area contributed by atoms with Crippen LogP contribution in [0.1, 0.15) is 24.3 Å². The molecule has 0 bridgehead atoms. The van der Waals surface area contributed by atoms with E-state index in [-0.39, 0.29) is 30.1 Å². The zero-order valence-electron chi connectivity index (χ0n) is 15.3. The van der Waals surface area contributed by atoms with Crippen molar-refractivity contribution >= 4 is 47.0 Å². The number of nitrogens with zero attached hydrogens (tertiary/aromatic N) is 2. The molecule has 0 aliphatic carbocycles. The first kappa shape index (κ1) is 21.0. The van der Waals surface area contributed by atoms with Crippen LogP contribution in [0.4, 0.5) is 5.69 Å². The van der Waals surface area contributed by atoms with Crippen molar-refractivity contribution in [2.45, 2.75) is 32.9 Å². The number of guanidine groups is 1. The zero-order chi connectivity index (χ0) is 17.6. The summed E-state index contributed by atoms with van der Waals surface area (Å²) in [7, 11) is 0. The molecule has 1 aliphatic heterocycles. The van der Waals surface area contributed by atoms with Crippen molar-refractivity contribution in [3.63, 3.8) is 0 Å². The molecule has 3 rings (SSSR count). The quantitative estimate of drug-likeness (QED) is 0.369. The zero-order valence-corrected chi connectivity index (χ0v) is 18.4. The highest BCUT2D eigenvalue weighted by molar-refractivity contribution is 14.0. The molecule has 5 nitrogen and oxygen atoms in total. The van der Waals surface area contributed by atoms with E-state index in [9.17, 15) is 0 Å². The average Bonchev–Trinajstić information content (AvgIpc) is 3.04. The number of nitrogens with one attached hydrogen (secondary N) is 1. The van der Waals surface area contributed by atoms with Crippen LogP contribution in [0.2, 0.25) is 0 Å². The molecule has 26 heavy (non-hydrogen) atoms. The van der Waals surface area contributed by atoms with E-state index in [0.29, 0.717) is 12.5 Å². The largest absolute Gasteiger partial charge is 0.491 e. The summed E-state index contributed by atoms with van der Waals surface area (Å²) in [6.45, 7) is 7.79. The van der Waals surface area contributed by atoms with Crippen molar-refractivity contribution in [1.29, 1.82) is 0 Å². The maximum absolute atomic E-state index is 5.99. The van der Waals surface area contributed by atoms with Gasteiger partial charge in [0, 0.05) is 30.2 Å². The number of hydrogen-bond donors (Lipinski definition) is 2. The third-order valence-electron chi connectivity index (χ3n) is 4.08. The first-order valence-corrected chi connectivity index (χ1v) is 9.59. The number of fused-ring (bicyclic) bond motifs is 1. The normalized spacial score (nSPS) is 14.7. The number of halogens is 1. The molecule has 0 atom stereocenters. The molecule has 0 radical (unpaired) electrons. The molecule has 2 aromatic rings. The Hall–Kier alpha value is -1.32. The Bertz CT molecular complexity index is 715. The molecule has 7 heteroatoms. The number of hydrogen-bond acceptors (Lipinski definition) is 4. The Morgan fingerprint density at radius 1 is 1.31 bits per heavy atom. The fourth-order valence-corrected chi connectivity index (χ4v) is 3.78. The molecule has 142 valence electrons. The second kappa shape index (κ2) is 10.1. The van der Waals surface area contributed by atoms with Gasteiger partial charge in [0.25, 0.3) is 0 Å². The number of ether oxygens (including phenoxy) is 1. The van der Waals surface area contributed by atoms with Crippen molar-refractivity contribution in [2.75, 3.05) is 25.0 Å². The van der Waals surface area contributed by atoms with E-state index in [1.165, 1.54) is 10.4 Å². The van der Waals surface area contributed by atoms with Crippen LogP contribution >= 0.6 is 35.3 Å². The monoisotopic (exact) mass is 486 g/mol. The van der Waals surface area contributed by atoms with Gasteiger partial charge in [-0.1, -0.05) is 0 Å². The Kier molecular flexibility index (Phi) is 8.17. The van der Waals surface area contributed by atoms with Gasteiger partial charge in [-0.2, -0.15) is 0 Å². The summed E-state index contributed by atoms with van der Waals surface area (Å²) in [4.78, 5) is 8.41. The first-order valence-electron chi connectivity index (χ1n) is 8.71. The molecule has 0 unspecified atom stereocenters. The van der Waals surface area contributed by atoms with Gasteiger partial charge in [-0.15, -0.1) is 35.3 Å². The molecule has 0 saturated heterocycles. The Balaban J connectivity index is 0.00000243. The SMILES string of the molecule is CC(C)Oc1ccc(NC(N)=NCCN2CCc3sccc3C2)cc1.I. The van der Waals surface area contributed by atoms with Crippen LogP contribution in [-0.4, -0.2) is 36.6 Å². The van der Waals surface area contributed by atoms with E-state index in [2.05, 4.69) is 26.7 Å². The van der Waals surface area contributed by atoms with Crippen LogP contribution in [0, 0.1) is 0 Å². The van der Waals surface area contributed by atoms with Gasteiger partial charge in [-0.05, 0) is 61.5 Å². The lowest BCUT2D eigenvalue weighted by molar-refractivity contribution is 0.242. The number of rotatable bonds is 6. The summed E-state index contributed by atoms with van der Waals surface area (Å²) < 4.78 is 5.63. The number of benzene rings is 1. The number of nitrogens with two attached hydrogens (primary N) is 1. The van der Waals surface area contributed by atoms with E-state index < -0.39 is 0 Å². The number of thiophene rings is 1. The van der Waals surface area contributed by atoms with E-state index in [1.807, 2.05) is 49.4 Å². The van der Waals surface area contributed by atoms with Gasteiger partial charge >= 0.3 is 0 Å².